The monoisotopic (exact) mass is 581 g/mol. The second-order valence-electron chi connectivity index (χ2n) is 11.4. The van der Waals surface area contributed by atoms with Crippen molar-refractivity contribution in [2.75, 3.05) is 19.6 Å². The standard InChI is InChI=1S/C34H39N5O4/c1-34(2,3)39-31(41)20-30(38-22-26(23-40)18-24-8-5-4-6-9-24)33(43)37-17-16-36-32(42)29-11-7-10-28(19-29)27-14-12-25(21-35)13-15-27/h4-15,19,23,26,30,38H,16-18,20,22H2,1-3H3,(H,36,42)(H,37,43)(H,39,41)/t26?,30-/m0/s1. The number of amides is 3. The maximum Gasteiger partial charge on any atom is 0.251 e. The molecule has 3 aromatic carbocycles. The van der Waals surface area contributed by atoms with Crippen LogP contribution in [0.25, 0.3) is 11.1 Å². The Bertz CT molecular complexity index is 1430. The van der Waals surface area contributed by atoms with Crippen LogP contribution in [0.4, 0.5) is 0 Å². The molecule has 0 aliphatic heterocycles. The predicted molar refractivity (Wildman–Crippen MR) is 166 cm³/mol. The molecule has 0 saturated heterocycles. The van der Waals surface area contributed by atoms with Crippen LogP contribution in [0.1, 0.15) is 48.7 Å². The number of hydrogen-bond donors (Lipinski definition) is 4. The number of hydrogen-bond acceptors (Lipinski definition) is 6. The fourth-order valence-corrected chi connectivity index (χ4v) is 4.46. The van der Waals surface area contributed by atoms with E-state index in [1.807, 2.05) is 69.3 Å². The first-order chi connectivity index (χ1) is 20.6. The van der Waals surface area contributed by atoms with Crippen LogP contribution < -0.4 is 21.3 Å². The van der Waals surface area contributed by atoms with Crippen molar-refractivity contribution in [3.8, 4) is 17.2 Å². The van der Waals surface area contributed by atoms with E-state index in [0.29, 0.717) is 17.5 Å². The van der Waals surface area contributed by atoms with Gasteiger partial charge in [-0.1, -0.05) is 54.6 Å². The number of nitrogens with one attached hydrogen (secondary N) is 4. The average Bonchev–Trinajstić information content (AvgIpc) is 3.00. The van der Waals surface area contributed by atoms with Gasteiger partial charge in [0.1, 0.15) is 6.29 Å². The molecule has 0 aliphatic rings. The highest BCUT2D eigenvalue weighted by Crippen LogP contribution is 2.21. The number of nitriles is 1. The Morgan fingerprint density at radius 3 is 2.23 bits per heavy atom. The highest BCUT2D eigenvalue weighted by Gasteiger charge is 2.25. The number of aldehydes is 1. The molecule has 3 amide bonds. The second kappa shape index (κ2) is 16.0. The van der Waals surface area contributed by atoms with Crippen molar-refractivity contribution in [1.82, 2.24) is 21.3 Å². The van der Waals surface area contributed by atoms with Gasteiger partial charge in [0.05, 0.1) is 24.1 Å². The van der Waals surface area contributed by atoms with Crippen LogP contribution >= 0.6 is 0 Å². The van der Waals surface area contributed by atoms with Crippen molar-refractivity contribution in [3.05, 3.63) is 95.6 Å². The molecule has 224 valence electrons. The number of carbonyl (C=O) groups excluding carboxylic acids is 4. The highest BCUT2D eigenvalue weighted by atomic mass is 16.2. The van der Waals surface area contributed by atoms with Crippen molar-refractivity contribution in [2.45, 2.75) is 45.2 Å². The summed E-state index contributed by atoms with van der Waals surface area (Å²) in [5.41, 5.74) is 3.29. The molecule has 9 nitrogen and oxygen atoms in total. The zero-order chi connectivity index (χ0) is 31.2. The van der Waals surface area contributed by atoms with Gasteiger partial charge in [-0.2, -0.15) is 5.26 Å². The molecule has 0 aromatic heterocycles. The van der Waals surface area contributed by atoms with E-state index >= 15 is 0 Å². The fraction of sp³-hybridized carbons (Fsp3) is 0.324. The molecule has 4 N–H and O–H groups in total. The van der Waals surface area contributed by atoms with Crippen LogP contribution in [0, 0.1) is 17.2 Å². The number of nitrogens with zero attached hydrogens (tertiary/aromatic N) is 1. The Morgan fingerprint density at radius 1 is 0.884 bits per heavy atom. The van der Waals surface area contributed by atoms with Crippen LogP contribution in [0.3, 0.4) is 0 Å². The first kappa shape index (κ1) is 32.7. The van der Waals surface area contributed by atoms with Crippen LogP contribution in [0.15, 0.2) is 78.9 Å². The quantitative estimate of drug-likeness (QED) is 0.170. The van der Waals surface area contributed by atoms with E-state index in [2.05, 4.69) is 27.3 Å². The van der Waals surface area contributed by atoms with Gasteiger partial charge in [-0.3, -0.25) is 14.4 Å². The fourth-order valence-electron chi connectivity index (χ4n) is 4.46. The zero-order valence-corrected chi connectivity index (χ0v) is 24.9. The lowest BCUT2D eigenvalue weighted by molar-refractivity contribution is -0.129. The molecule has 9 heteroatoms. The summed E-state index contributed by atoms with van der Waals surface area (Å²) in [5.74, 6) is -1.35. The predicted octanol–water partition coefficient (Wildman–Crippen LogP) is 3.39. The lowest BCUT2D eigenvalue weighted by atomic mass is 10.00. The average molecular weight is 582 g/mol. The summed E-state index contributed by atoms with van der Waals surface area (Å²) in [4.78, 5) is 50.3. The Hall–Kier alpha value is -4.81. The topological polar surface area (TPSA) is 140 Å². The highest BCUT2D eigenvalue weighted by molar-refractivity contribution is 5.95. The summed E-state index contributed by atoms with van der Waals surface area (Å²) >= 11 is 0. The number of rotatable bonds is 14. The van der Waals surface area contributed by atoms with E-state index in [9.17, 15) is 19.2 Å². The number of benzene rings is 3. The first-order valence-corrected chi connectivity index (χ1v) is 14.3. The zero-order valence-electron chi connectivity index (χ0n) is 24.9. The molecule has 0 bridgehead atoms. The molecule has 0 radical (unpaired) electrons. The summed E-state index contributed by atoms with van der Waals surface area (Å²) in [6.07, 6.45) is 1.27. The number of carbonyl (C=O) groups is 4. The first-order valence-electron chi connectivity index (χ1n) is 14.3. The molecule has 3 aromatic rings. The van der Waals surface area contributed by atoms with E-state index in [-0.39, 0.29) is 43.8 Å². The third kappa shape index (κ3) is 11.2. The Balaban J connectivity index is 1.55. The maximum atomic E-state index is 13.1. The summed E-state index contributed by atoms with van der Waals surface area (Å²) in [6.45, 7) is 6.14. The van der Waals surface area contributed by atoms with Gasteiger partial charge in [0.2, 0.25) is 11.8 Å². The van der Waals surface area contributed by atoms with Crippen LogP contribution in [-0.4, -0.2) is 55.2 Å². The molecule has 0 fully saturated rings. The van der Waals surface area contributed by atoms with E-state index in [4.69, 9.17) is 5.26 Å². The molecule has 1 unspecified atom stereocenters. The van der Waals surface area contributed by atoms with Gasteiger partial charge in [-0.05, 0) is 68.1 Å². The lowest BCUT2D eigenvalue weighted by Gasteiger charge is -2.24. The minimum Gasteiger partial charge on any atom is -0.353 e. The van der Waals surface area contributed by atoms with Crippen LogP contribution in [-0.2, 0) is 20.8 Å². The third-order valence-corrected chi connectivity index (χ3v) is 6.56. The van der Waals surface area contributed by atoms with Crippen molar-refractivity contribution in [3.63, 3.8) is 0 Å². The summed E-state index contributed by atoms with van der Waals surface area (Å²) in [6, 6.07) is 25.1. The Kier molecular flexibility index (Phi) is 12.2. The Morgan fingerprint density at radius 2 is 1.58 bits per heavy atom. The van der Waals surface area contributed by atoms with Crippen molar-refractivity contribution >= 4 is 24.0 Å². The van der Waals surface area contributed by atoms with E-state index in [1.54, 1.807) is 30.3 Å². The molecule has 0 saturated carbocycles. The van der Waals surface area contributed by atoms with Gasteiger partial charge in [0.15, 0.2) is 0 Å². The third-order valence-electron chi connectivity index (χ3n) is 6.56. The molecule has 2 atom stereocenters. The summed E-state index contributed by atoms with van der Waals surface area (Å²) < 4.78 is 0. The van der Waals surface area contributed by atoms with Crippen LogP contribution in [0.5, 0.6) is 0 Å². The molecular formula is C34H39N5O4. The molecule has 43 heavy (non-hydrogen) atoms. The van der Waals surface area contributed by atoms with Gasteiger partial charge in [0.25, 0.3) is 5.91 Å². The van der Waals surface area contributed by atoms with Gasteiger partial charge >= 0.3 is 0 Å². The van der Waals surface area contributed by atoms with Crippen molar-refractivity contribution < 1.29 is 19.2 Å². The minimum absolute atomic E-state index is 0.103. The van der Waals surface area contributed by atoms with Crippen LogP contribution in [0.2, 0.25) is 0 Å². The molecular weight excluding hydrogens is 542 g/mol. The summed E-state index contributed by atoms with van der Waals surface area (Å²) in [7, 11) is 0. The summed E-state index contributed by atoms with van der Waals surface area (Å²) in [5, 5.41) is 20.6. The largest absolute Gasteiger partial charge is 0.353 e. The van der Waals surface area contributed by atoms with E-state index < -0.39 is 17.5 Å². The maximum absolute atomic E-state index is 13.1. The second-order valence-corrected chi connectivity index (χ2v) is 11.4. The molecule has 0 heterocycles. The normalized spacial score (nSPS) is 12.3. The van der Waals surface area contributed by atoms with E-state index in [1.165, 1.54) is 0 Å². The lowest BCUT2D eigenvalue weighted by Crippen LogP contribution is -2.51. The van der Waals surface area contributed by atoms with Gasteiger partial charge in [-0.15, -0.1) is 0 Å². The minimum atomic E-state index is -0.861. The van der Waals surface area contributed by atoms with Gasteiger partial charge < -0.3 is 26.1 Å². The smallest absolute Gasteiger partial charge is 0.251 e. The Labute approximate surface area is 253 Å². The molecule has 0 aliphatic carbocycles. The van der Waals surface area contributed by atoms with Gasteiger partial charge in [0, 0.05) is 36.7 Å². The van der Waals surface area contributed by atoms with Crippen molar-refractivity contribution in [1.29, 1.82) is 5.26 Å². The SMILES string of the molecule is CC(C)(C)NC(=O)C[C@H](NCC(C=O)Cc1ccccc1)C(=O)NCCNC(=O)c1cccc(-c2ccc(C#N)cc2)c1. The van der Waals surface area contributed by atoms with E-state index in [0.717, 1.165) is 23.0 Å². The molecule has 3 rings (SSSR count). The van der Waals surface area contributed by atoms with Crippen molar-refractivity contribution in [2.24, 2.45) is 5.92 Å². The van der Waals surface area contributed by atoms with Gasteiger partial charge in [-0.25, -0.2) is 0 Å². The molecule has 0 spiro atoms.